The van der Waals surface area contributed by atoms with Crippen molar-refractivity contribution in [2.24, 2.45) is 0 Å². The van der Waals surface area contributed by atoms with Gasteiger partial charge in [0.2, 0.25) is 0 Å². The van der Waals surface area contributed by atoms with E-state index >= 15 is 0 Å². The molecule has 7 nitrogen and oxygen atoms in total. The van der Waals surface area contributed by atoms with Crippen molar-refractivity contribution in [1.82, 2.24) is 9.88 Å². The summed E-state index contributed by atoms with van der Waals surface area (Å²) < 4.78 is 4.98. The number of thiazole rings is 1. The number of halogens is 1. The summed E-state index contributed by atoms with van der Waals surface area (Å²) in [5, 5.41) is 3.88. The van der Waals surface area contributed by atoms with Gasteiger partial charge >= 0.3 is 0 Å². The van der Waals surface area contributed by atoms with Crippen LogP contribution in [-0.4, -0.2) is 47.9 Å². The molecule has 4 rings (SSSR count). The van der Waals surface area contributed by atoms with Crippen molar-refractivity contribution in [3.63, 3.8) is 0 Å². The first kappa shape index (κ1) is 22.1. The fourth-order valence-corrected chi connectivity index (χ4v) is 4.48. The summed E-state index contributed by atoms with van der Waals surface area (Å²) in [5.41, 5.74) is 1.80. The Hall–Kier alpha value is -3.07. The lowest BCUT2D eigenvalue weighted by Crippen LogP contribution is -2.31. The first-order chi connectivity index (χ1) is 15.5. The number of nitrogens with zero attached hydrogens (tertiary/aromatic N) is 2. The van der Waals surface area contributed by atoms with Gasteiger partial charge in [-0.25, -0.2) is 4.98 Å². The summed E-state index contributed by atoms with van der Waals surface area (Å²) >= 11 is 7.57. The van der Waals surface area contributed by atoms with E-state index in [1.54, 1.807) is 13.3 Å². The number of carbonyl (C=O) groups excluding carboxylic acids is 3. The highest BCUT2D eigenvalue weighted by Gasteiger charge is 2.35. The Morgan fingerprint density at radius 3 is 2.72 bits per heavy atom. The standard InChI is InChI=1S/C23H20ClN3O4S/c1-31-10-4-9-27-21(29)17-8-7-15(12-18(17)22(27)30)20(28)26-23-25-13-16(32-23)11-14-5-2-3-6-19(14)24/h2-3,5-8,12-13H,4,9-11H2,1H3,(H,25,26,28). The van der Waals surface area contributed by atoms with Gasteiger partial charge in [-0.15, -0.1) is 11.3 Å². The summed E-state index contributed by atoms with van der Waals surface area (Å²) in [7, 11) is 1.56. The van der Waals surface area contributed by atoms with Gasteiger partial charge in [-0.05, 0) is 36.2 Å². The average molecular weight is 470 g/mol. The fraction of sp³-hybridized carbons (Fsp3) is 0.217. The minimum atomic E-state index is -0.399. The maximum Gasteiger partial charge on any atom is 0.261 e. The fourth-order valence-electron chi connectivity index (χ4n) is 3.45. The Morgan fingerprint density at radius 2 is 1.94 bits per heavy atom. The minimum Gasteiger partial charge on any atom is -0.385 e. The number of hydrogen-bond acceptors (Lipinski definition) is 6. The lowest BCUT2D eigenvalue weighted by atomic mass is 10.1. The first-order valence-electron chi connectivity index (χ1n) is 9.96. The third-order valence-corrected chi connectivity index (χ3v) is 6.34. The summed E-state index contributed by atoms with van der Waals surface area (Å²) in [6.45, 7) is 0.725. The van der Waals surface area contributed by atoms with E-state index in [-0.39, 0.29) is 23.6 Å². The molecule has 3 amide bonds. The van der Waals surface area contributed by atoms with Gasteiger partial charge in [-0.1, -0.05) is 29.8 Å². The number of nitrogens with one attached hydrogen (secondary N) is 1. The molecule has 32 heavy (non-hydrogen) atoms. The van der Waals surface area contributed by atoms with Crippen LogP contribution in [0.3, 0.4) is 0 Å². The number of hydrogen-bond donors (Lipinski definition) is 1. The molecule has 0 aliphatic carbocycles. The van der Waals surface area contributed by atoms with Crippen LogP contribution < -0.4 is 5.32 Å². The quantitative estimate of drug-likeness (QED) is 0.393. The third-order valence-electron chi connectivity index (χ3n) is 5.06. The van der Waals surface area contributed by atoms with E-state index in [4.69, 9.17) is 16.3 Å². The topological polar surface area (TPSA) is 88.6 Å². The van der Waals surface area contributed by atoms with E-state index < -0.39 is 11.8 Å². The van der Waals surface area contributed by atoms with Gasteiger partial charge in [-0.3, -0.25) is 24.6 Å². The molecule has 164 valence electrons. The monoisotopic (exact) mass is 469 g/mol. The smallest absolute Gasteiger partial charge is 0.261 e. The number of fused-ring (bicyclic) bond motifs is 1. The van der Waals surface area contributed by atoms with Crippen molar-refractivity contribution < 1.29 is 19.1 Å². The van der Waals surface area contributed by atoms with Crippen LogP contribution in [0.25, 0.3) is 0 Å². The van der Waals surface area contributed by atoms with Gasteiger partial charge in [0.1, 0.15) is 0 Å². The van der Waals surface area contributed by atoms with Crippen LogP contribution in [0.2, 0.25) is 5.02 Å². The molecule has 0 fully saturated rings. The highest BCUT2D eigenvalue weighted by atomic mass is 35.5. The molecule has 0 saturated heterocycles. The van der Waals surface area contributed by atoms with Gasteiger partial charge in [0.05, 0.1) is 11.1 Å². The zero-order chi connectivity index (χ0) is 22.7. The molecule has 0 radical (unpaired) electrons. The Kier molecular flexibility index (Phi) is 6.64. The summed E-state index contributed by atoms with van der Waals surface area (Å²) in [6, 6.07) is 12.1. The number of aromatic nitrogens is 1. The number of benzene rings is 2. The molecule has 1 N–H and O–H groups in total. The van der Waals surface area contributed by atoms with Crippen molar-refractivity contribution >= 4 is 45.8 Å². The Morgan fingerprint density at radius 1 is 1.16 bits per heavy atom. The second-order valence-electron chi connectivity index (χ2n) is 7.22. The van der Waals surface area contributed by atoms with E-state index in [9.17, 15) is 14.4 Å². The van der Waals surface area contributed by atoms with Crippen LogP contribution in [0.15, 0.2) is 48.7 Å². The molecule has 2 aromatic carbocycles. The molecule has 3 aromatic rings. The van der Waals surface area contributed by atoms with E-state index in [1.165, 1.54) is 34.4 Å². The second-order valence-corrected chi connectivity index (χ2v) is 8.75. The van der Waals surface area contributed by atoms with Crippen molar-refractivity contribution in [2.75, 3.05) is 25.6 Å². The van der Waals surface area contributed by atoms with Crippen LogP contribution in [-0.2, 0) is 11.2 Å². The molecule has 0 unspecified atom stereocenters. The van der Waals surface area contributed by atoms with Gasteiger partial charge in [0.25, 0.3) is 17.7 Å². The maximum absolute atomic E-state index is 12.7. The van der Waals surface area contributed by atoms with Gasteiger partial charge < -0.3 is 4.74 Å². The number of anilines is 1. The summed E-state index contributed by atoms with van der Waals surface area (Å²) in [6.07, 6.45) is 2.86. The minimum absolute atomic E-state index is 0.235. The van der Waals surface area contributed by atoms with Gasteiger partial charge in [0, 0.05) is 48.3 Å². The molecule has 0 bridgehead atoms. The third kappa shape index (κ3) is 4.57. The zero-order valence-corrected chi connectivity index (χ0v) is 18.8. The SMILES string of the molecule is COCCCN1C(=O)c2ccc(C(=O)Nc3ncc(Cc4ccccc4Cl)s3)cc2C1=O. The molecule has 1 aliphatic rings. The van der Waals surface area contributed by atoms with Crippen LogP contribution in [0.1, 0.15) is 47.9 Å². The normalized spacial score (nSPS) is 12.9. The van der Waals surface area contributed by atoms with Crippen LogP contribution in [0, 0.1) is 0 Å². The summed E-state index contributed by atoms with van der Waals surface area (Å²) in [5.74, 6) is -1.14. The van der Waals surface area contributed by atoms with Crippen molar-refractivity contribution in [2.45, 2.75) is 12.8 Å². The second kappa shape index (κ2) is 9.60. The van der Waals surface area contributed by atoms with Crippen LogP contribution in [0.5, 0.6) is 0 Å². The van der Waals surface area contributed by atoms with Crippen LogP contribution in [0.4, 0.5) is 5.13 Å². The molecular weight excluding hydrogens is 450 g/mol. The number of rotatable bonds is 8. The number of ether oxygens (including phenoxy) is 1. The molecule has 1 aromatic heterocycles. The highest BCUT2D eigenvalue weighted by molar-refractivity contribution is 7.15. The average Bonchev–Trinajstić information content (AvgIpc) is 3.32. The van der Waals surface area contributed by atoms with Crippen molar-refractivity contribution in [3.8, 4) is 0 Å². The number of amides is 3. The molecule has 0 saturated carbocycles. The predicted molar refractivity (Wildman–Crippen MR) is 123 cm³/mol. The number of carbonyl (C=O) groups is 3. The Labute approximate surface area is 194 Å². The van der Waals surface area contributed by atoms with E-state index in [0.29, 0.717) is 35.2 Å². The summed E-state index contributed by atoms with van der Waals surface area (Å²) in [4.78, 5) is 44.3. The Balaban J connectivity index is 1.45. The molecule has 1 aliphatic heterocycles. The lowest BCUT2D eigenvalue weighted by Gasteiger charge is -2.12. The highest BCUT2D eigenvalue weighted by Crippen LogP contribution is 2.27. The Bertz CT molecular complexity index is 1190. The predicted octanol–water partition coefficient (Wildman–Crippen LogP) is 4.27. The van der Waals surface area contributed by atoms with Crippen molar-refractivity contribution in [3.05, 3.63) is 80.8 Å². The maximum atomic E-state index is 12.7. The van der Waals surface area contributed by atoms with Crippen LogP contribution >= 0.6 is 22.9 Å². The van der Waals surface area contributed by atoms with E-state index in [1.807, 2.05) is 24.3 Å². The lowest BCUT2D eigenvalue weighted by molar-refractivity contribution is 0.0638. The van der Waals surface area contributed by atoms with E-state index in [0.717, 1.165) is 10.4 Å². The van der Waals surface area contributed by atoms with Gasteiger partial charge in [0.15, 0.2) is 5.13 Å². The number of imide groups is 1. The molecule has 0 spiro atoms. The molecule has 0 atom stereocenters. The molecule has 9 heteroatoms. The van der Waals surface area contributed by atoms with E-state index in [2.05, 4.69) is 10.3 Å². The molecular formula is C23H20ClN3O4S. The van der Waals surface area contributed by atoms with Crippen molar-refractivity contribution in [1.29, 1.82) is 0 Å². The zero-order valence-electron chi connectivity index (χ0n) is 17.3. The largest absolute Gasteiger partial charge is 0.385 e. The first-order valence-corrected chi connectivity index (χ1v) is 11.2. The molecule has 2 heterocycles. The number of methoxy groups -OCH3 is 1. The van der Waals surface area contributed by atoms with Gasteiger partial charge in [-0.2, -0.15) is 0 Å².